The van der Waals surface area contributed by atoms with Gasteiger partial charge in [-0.15, -0.1) is 10.2 Å². The van der Waals surface area contributed by atoms with Gasteiger partial charge in [-0.25, -0.2) is 0 Å². The molecule has 0 aliphatic heterocycles. The summed E-state index contributed by atoms with van der Waals surface area (Å²) in [6, 6.07) is 0. The number of nitrogens with two attached hydrogens (primary N) is 1. The first-order valence-corrected chi connectivity index (χ1v) is 8.01. The van der Waals surface area contributed by atoms with Crippen molar-refractivity contribution in [1.29, 1.82) is 0 Å². The molecule has 2 atom stereocenters. The van der Waals surface area contributed by atoms with Crippen molar-refractivity contribution in [2.45, 2.75) is 55.0 Å². The molecule has 6 nitrogen and oxygen atoms in total. The van der Waals surface area contributed by atoms with E-state index >= 15 is 0 Å². The largest absolute Gasteiger partial charge is 0.368 e. The first-order chi connectivity index (χ1) is 9.57. The molecule has 1 aliphatic rings. The molecule has 2 rings (SSSR count). The van der Waals surface area contributed by atoms with Gasteiger partial charge in [0.25, 0.3) is 0 Å². The van der Waals surface area contributed by atoms with Gasteiger partial charge in [0.05, 0.1) is 5.54 Å². The molecule has 1 fully saturated rings. The maximum atomic E-state index is 11.9. The number of hydrogen-bond acceptors (Lipinski definition) is 5. The van der Waals surface area contributed by atoms with Crippen molar-refractivity contribution in [2.75, 3.05) is 6.54 Å². The van der Waals surface area contributed by atoms with Crippen molar-refractivity contribution in [2.24, 2.45) is 12.8 Å². The van der Waals surface area contributed by atoms with Crippen LogP contribution < -0.4 is 11.1 Å². The normalized spacial score (nSPS) is 26.6. The van der Waals surface area contributed by atoms with Gasteiger partial charge in [0, 0.05) is 12.3 Å². The molecule has 20 heavy (non-hydrogen) atoms. The van der Waals surface area contributed by atoms with Crippen LogP contribution in [0.5, 0.6) is 0 Å². The first kappa shape index (κ1) is 15.3. The SMILES string of the molecule is CCCNC1(C(N)=O)CCCC(Sc2nncn2C)C1. The van der Waals surface area contributed by atoms with E-state index in [4.69, 9.17) is 5.73 Å². The predicted octanol–water partition coefficient (Wildman–Crippen LogP) is 1.07. The van der Waals surface area contributed by atoms with Gasteiger partial charge in [-0.3, -0.25) is 4.79 Å². The topological polar surface area (TPSA) is 85.8 Å². The van der Waals surface area contributed by atoms with Crippen LogP contribution in [0.2, 0.25) is 0 Å². The first-order valence-electron chi connectivity index (χ1n) is 7.13. The Labute approximate surface area is 123 Å². The highest BCUT2D eigenvalue weighted by Gasteiger charge is 2.41. The molecule has 0 bridgehead atoms. The fraction of sp³-hybridized carbons (Fsp3) is 0.769. The third kappa shape index (κ3) is 3.32. The van der Waals surface area contributed by atoms with Crippen molar-refractivity contribution in [3.8, 4) is 0 Å². The fourth-order valence-electron chi connectivity index (χ4n) is 2.69. The highest BCUT2D eigenvalue weighted by atomic mass is 32.2. The minimum absolute atomic E-state index is 0.228. The van der Waals surface area contributed by atoms with Gasteiger partial charge in [-0.2, -0.15) is 0 Å². The van der Waals surface area contributed by atoms with E-state index in [2.05, 4.69) is 22.4 Å². The number of primary amides is 1. The molecule has 0 aromatic carbocycles. The van der Waals surface area contributed by atoms with Crippen LogP contribution in [0, 0.1) is 0 Å². The van der Waals surface area contributed by atoms with Crippen LogP contribution in [-0.2, 0) is 11.8 Å². The number of aromatic nitrogens is 3. The van der Waals surface area contributed by atoms with E-state index in [0.29, 0.717) is 5.25 Å². The summed E-state index contributed by atoms with van der Waals surface area (Å²) in [6.07, 6.45) is 6.38. The molecule has 112 valence electrons. The molecule has 3 N–H and O–H groups in total. The molecule has 0 saturated heterocycles. The van der Waals surface area contributed by atoms with E-state index in [1.54, 1.807) is 18.1 Å². The van der Waals surface area contributed by atoms with Gasteiger partial charge in [0.15, 0.2) is 5.16 Å². The van der Waals surface area contributed by atoms with Crippen LogP contribution >= 0.6 is 11.8 Å². The molecular weight excluding hydrogens is 274 g/mol. The molecule has 1 heterocycles. The van der Waals surface area contributed by atoms with Crippen molar-refractivity contribution < 1.29 is 4.79 Å². The van der Waals surface area contributed by atoms with Gasteiger partial charge >= 0.3 is 0 Å². The molecular formula is C13H23N5OS. The average molecular weight is 297 g/mol. The minimum atomic E-state index is -0.551. The maximum absolute atomic E-state index is 11.9. The lowest BCUT2D eigenvalue weighted by molar-refractivity contribution is -0.125. The van der Waals surface area contributed by atoms with Crippen LogP contribution in [0.25, 0.3) is 0 Å². The Morgan fingerprint density at radius 2 is 2.50 bits per heavy atom. The summed E-state index contributed by atoms with van der Waals surface area (Å²) in [5.74, 6) is -0.228. The minimum Gasteiger partial charge on any atom is -0.368 e. The lowest BCUT2D eigenvalue weighted by Crippen LogP contribution is -2.58. The van der Waals surface area contributed by atoms with Crippen LogP contribution in [0.3, 0.4) is 0 Å². The van der Waals surface area contributed by atoms with Crippen LogP contribution in [0.1, 0.15) is 39.0 Å². The Bertz CT molecular complexity index is 463. The van der Waals surface area contributed by atoms with E-state index < -0.39 is 5.54 Å². The van der Waals surface area contributed by atoms with Crippen molar-refractivity contribution >= 4 is 17.7 Å². The summed E-state index contributed by atoms with van der Waals surface area (Å²) >= 11 is 1.69. The van der Waals surface area contributed by atoms with Crippen LogP contribution in [0.15, 0.2) is 11.5 Å². The lowest BCUT2D eigenvalue weighted by Gasteiger charge is -2.38. The Hall–Kier alpha value is -1.08. The maximum Gasteiger partial charge on any atom is 0.237 e. The zero-order valence-corrected chi connectivity index (χ0v) is 12.9. The van der Waals surface area contributed by atoms with Gasteiger partial charge in [-0.05, 0) is 38.6 Å². The highest BCUT2D eigenvalue weighted by molar-refractivity contribution is 7.99. The second-order valence-electron chi connectivity index (χ2n) is 5.43. The van der Waals surface area contributed by atoms with Crippen molar-refractivity contribution in [3.63, 3.8) is 0 Å². The Balaban J connectivity index is 2.05. The lowest BCUT2D eigenvalue weighted by atomic mass is 9.80. The van der Waals surface area contributed by atoms with E-state index in [0.717, 1.165) is 43.8 Å². The summed E-state index contributed by atoms with van der Waals surface area (Å²) in [5.41, 5.74) is 5.11. The molecule has 1 amide bonds. The summed E-state index contributed by atoms with van der Waals surface area (Å²) in [4.78, 5) is 11.9. The zero-order valence-electron chi connectivity index (χ0n) is 12.1. The molecule has 1 aromatic heterocycles. The third-order valence-electron chi connectivity index (χ3n) is 3.83. The number of carbonyl (C=O) groups excluding carboxylic acids is 1. The summed E-state index contributed by atoms with van der Waals surface area (Å²) in [6.45, 7) is 2.92. The second kappa shape index (κ2) is 6.58. The summed E-state index contributed by atoms with van der Waals surface area (Å²) in [5, 5.41) is 12.6. The number of thioether (sulfide) groups is 1. The van der Waals surface area contributed by atoms with Gasteiger partial charge in [0.1, 0.15) is 6.33 Å². The second-order valence-corrected chi connectivity index (χ2v) is 6.70. The number of hydrogen-bond donors (Lipinski definition) is 2. The predicted molar refractivity (Wildman–Crippen MR) is 79.3 cm³/mol. The smallest absolute Gasteiger partial charge is 0.237 e. The number of rotatable bonds is 6. The van der Waals surface area contributed by atoms with Gasteiger partial charge in [-0.1, -0.05) is 18.7 Å². The number of nitrogens with zero attached hydrogens (tertiary/aromatic N) is 3. The quantitative estimate of drug-likeness (QED) is 0.820. The number of aryl methyl sites for hydroxylation is 1. The summed E-state index contributed by atoms with van der Waals surface area (Å²) in [7, 11) is 1.93. The number of carbonyl (C=O) groups is 1. The third-order valence-corrected chi connectivity index (χ3v) is 5.15. The fourth-order valence-corrected chi connectivity index (χ4v) is 3.95. The van der Waals surface area contributed by atoms with E-state index in [1.165, 1.54) is 0 Å². The average Bonchev–Trinajstić information content (AvgIpc) is 2.82. The molecule has 0 spiro atoms. The Morgan fingerprint density at radius 3 is 3.10 bits per heavy atom. The van der Waals surface area contributed by atoms with Gasteiger partial charge < -0.3 is 15.6 Å². The molecule has 1 aromatic rings. The highest BCUT2D eigenvalue weighted by Crippen LogP contribution is 2.37. The van der Waals surface area contributed by atoms with Gasteiger partial charge in [0.2, 0.25) is 5.91 Å². The molecule has 2 unspecified atom stereocenters. The number of amides is 1. The molecule has 1 saturated carbocycles. The van der Waals surface area contributed by atoms with Crippen LogP contribution in [-0.4, -0.2) is 38.0 Å². The molecule has 7 heteroatoms. The van der Waals surface area contributed by atoms with Crippen LogP contribution in [0.4, 0.5) is 0 Å². The molecule has 0 radical (unpaired) electrons. The Kier molecular flexibility index (Phi) is 5.04. The number of nitrogens with one attached hydrogen (secondary N) is 1. The molecule has 1 aliphatic carbocycles. The summed E-state index contributed by atoms with van der Waals surface area (Å²) < 4.78 is 1.91. The monoisotopic (exact) mass is 297 g/mol. The van der Waals surface area contributed by atoms with E-state index in [-0.39, 0.29) is 5.91 Å². The van der Waals surface area contributed by atoms with E-state index in [1.807, 2.05) is 11.6 Å². The van der Waals surface area contributed by atoms with Crippen molar-refractivity contribution in [3.05, 3.63) is 6.33 Å². The Morgan fingerprint density at radius 1 is 1.70 bits per heavy atom. The van der Waals surface area contributed by atoms with Crippen molar-refractivity contribution in [1.82, 2.24) is 20.1 Å². The standard InChI is InChI=1S/C13H23N5OS/c1-3-7-15-13(11(14)19)6-4-5-10(8-13)20-12-17-16-9-18(12)2/h9-10,15H,3-8H2,1-2H3,(H2,14,19). The zero-order chi connectivity index (χ0) is 14.6. The van der Waals surface area contributed by atoms with E-state index in [9.17, 15) is 4.79 Å².